The summed E-state index contributed by atoms with van der Waals surface area (Å²) in [5.74, 6) is 0.0517. The molecule has 0 fully saturated rings. The highest BCUT2D eigenvalue weighted by Gasteiger charge is 2.28. The Kier molecular flexibility index (Phi) is 2.59. The van der Waals surface area contributed by atoms with Gasteiger partial charge in [-0.2, -0.15) is 0 Å². The van der Waals surface area contributed by atoms with Crippen LogP contribution in [0.3, 0.4) is 0 Å². The molecule has 0 aromatic rings. The number of hydrogen-bond donors (Lipinski definition) is 2. The van der Waals surface area contributed by atoms with E-state index in [2.05, 4.69) is 0 Å². The molecule has 0 atom stereocenters. The van der Waals surface area contributed by atoms with Gasteiger partial charge in [0.2, 0.25) is 0 Å². The number of rotatable bonds is 0. The third-order valence-electron chi connectivity index (χ3n) is 1.72. The van der Waals surface area contributed by atoms with Crippen molar-refractivity contribution in [3.63, 3.8) is 0 Å². The second kappa shape index (κ2) is 3.40. The molecule has 5 heteroatoms. The van der Waals surface area contributed by atoms with Gasteiger partial charge in [-0.1, -0.05) is 0 Å². The summed E-state index contributed by atoms with van der Waals surface area (Å²) >= 11 is 0. The van der Waals surface area contributed by atoms with Crippen LogP contribution in [0, 0.1) is 0 Å². The molecule has 0 saturated carbocycles. The summed E-state index contributed by atoms with van der Waals surface area (Å²) in [5.41, 5.74) is 5.26. The van der Waals surface area contributed by atoms with Gasteiger partial charge in [-0.25, -0.2) is 4.79 Å². The number of nitrogens with two attached hydrogens (primary N) is 1. The van der Waals surface area contributed by atoms with Gasteiger partial charge in [-0.3, -0.25) is 4.90 Å². The molecular weight excluding hydrogens is 184 g/mol. The number of aliphatic hydroxyl groups is 1. The number of hydrogen-bond acceptors (Lipinski definition) is 4. The average molecular weight is 200 g/mol. The van der Waals surface area contributed by atoms with Crippen molar-refractivity contribution in [3.8, 4) is 0 Å². The monoisotopic (exact) mass is 200 g/mol. The Morgan fingerprint density at radius 2 is 2.07 bits per heavy atom. The van der Waals surface area contributed by atoms with Crippen molar-refractivity contribution in [2.45, 2.75) is 26.4 Å². The highest BCUT2D eigenvalue weighted by Crippen LogP contribution is 2.15. The van der Waals surface area contributed by atoms with Gasteiger partial charge in [-0.05, 0) is 20.8 Å². The van der Waals surface area contributed by atoms with Crippen molar-refractivity contribution in [2.24, 2.45) is 5.73 Å². The minimum Gasteiger partial charge on any atom is -0.509 e. The molecule has 3 N–H and O–H groups in total. The summed E-state index contributed by atoms with van der Waals surface area (Å²) in [5, 5.41) is 9.22. The third-order valence-corrected chi connectivity index (χ3v) is 1.72. The van der Waals surface area contributed by atoms with Gasteiger partial charge >= 0.3 is 6.09 Å². The first-order valence-corrected chi connectivity index (χ1v) is 4.44. The normalized spacial score (nSPS) is 17.5. The zero-order chi connectivity index (χ0) is 10.9. The molecule has 0 bridgehead atoms. The van der Waals surface area contributed by atoms with E-state index in [9.17, 15) is 9.90 Å². The van der Waals surface area contributed by atoms with Crippen LogP contribution >= 0.6 is 0 Å². The molecule has 0 radical (unpaired) electrons. The fraction of sp³-hybridized carbons (Fsp3) is 0.667. The lowest BCUT2D eigenvalue weighted by Crippen LogP contribution is -2.36. The molecule has 0 aromatic carbocycles. The quantitative estimate of drug-likeness (QED) is 0.610. The molecule has 0 spiro atoms. The molecule has 1 heterocycles. The molecule has 0 unspecified atom stereocenters. The van der Waals surface area contributed by atoms with E-state index in [4.69, 9.17) is 10.5 Å². The van der Waals surface area contributed by atoms with Crippen molar-refractivity contribution in [1.82, 2.24) is 4.90 Å². The molecule has 0 aromatic heterocycles. The van der Waals surface area contributed by atoms with E-state index in [-0.39, 0.29) is 18.8 Å². The maximum Gasteiger partial charge on any atom is 0.411 e. The number of nitrogens with zero attached hydrogens (tertiary/aromatic N) is 1. The SMILES string of the molecule is CC(C)(C)OC(=O)N1CC(N)=C(O)C1. The first-order valence-electron chi connectivity index (χ1n) is 4.44. The Hall–Kier alpha value is -1.39. The molecule has 1 amide bonds. The molecule has 0 aliphatic carbocycles. The second-order valence-electron chi connectivity index (χ2n) is 4.31. The van der Waals surface area contributed by atoms with Gasteiger partial charge < -0.3 is 15.6 Å². The standard InChI is InChI=1S/C9H16N2O3/c1-9(2,3)14-8(13)11-4-6(10)7(12)5-11/h12H,4-5,10H2,1-3H3. The number of aliphatic hydroxyl groups excluding tert-OH is 1. The molecule has 1 rings (SSSR count). The highest BCUT2D eigenvalue weighted by atomic mass is 16.6. The number of ether oxygens (including phenoxy) is 1. The van der Waals surface area contributed by atoms with Crippen LogP contribution in [-0.4, -0.2) is 34.8 Å². The van der Waals surface area contributed by atoms with E-state index in [0.29, 0.717) is 5.70 Å². The van der Waals surface area contributed by atoms with E-state index < -0.39 is 11.7 Å². The van der Waals surface area contributed by atoms with Crippen LogP contribution < -0.4 is 5.73 Å². The van der Waals surface area contributed by atoms with Gasteiger partial charge in [-0.15, -0.1) is 0 Å². The zero-order valence-corrected chi connectivity index (χ0v) is 8.70. The predicted octanol–water partition coefficient (Wildman–Crippen LogP) is 0.965. The molecule has 0 saturated heterocycles. The summed E-state index contributed by atoms with van der Waals surface area (Å²) < 4.78 is 5.11. The van der Waals surface area contributed by atoms with Gasteiger partial charge in [0.25, 0.3) is 0 Å². The van der Waals surface area contributed by atoms with Crippen molar-refractivity contribution in [1.29, 1.82) is 0 Å². The van der Waals surface area contributed by atoms with Gasteiger partial charge in [0.15, 0.2) is 0 Å². The minimum atomic E-state index is -0.524. The Labute approximate surface area is 83.1 Å². The van der Waals surface area contributed by atoms with Crippen molar-refractivity contribution >= 4 is 6.09 Å². The Morgan fingerprint density at radius 1 is 1.50 bits per heavy atom. The zero-order valence-electron chi connectivity index (χ0n) is 8.70. The Morgan fingerprint density at radius 3 is 2.43 bits per heavy atom. The summed E-state index contributed by atoms with van der Waals surface area (Å²) in [6, 6.07) is 0. The Balaban J connectivity index is 2.51. The first kappa shape index (κ1) is 10.7. The lowest BCUT2D eigenvalue weighted by molar-refractivity contribution is 0.0289. The maximum atomic E-state index is 11.5. The second-order valence-corrected chi connectivity index (χ2v) is 4.31. The summed E-state index contributed by atoms with van der Waals surface area (Å²) in [6.45, 7) is 5.74. The van der Waals surface area contributed by atoms with Crippen LogP contribution in [0.5, 0.6) is 0 Å². The van der Waals surface area contributed by atoms with Crippen LogP contribution in [0.15, 0.2) is 11.5 Å². The lowest BCUT2D eigenvalue weighted by atomic mass is 10.2. The molecule has 14 heavy (non-hydrogen) atoms. The van der Waals surface area contributed by atoms with Crippen LogP contribution in [0.25, 0.3) is 0 Å². The molecule has 5 nitrogen and oxygen atoms in total. The van der Waals surface area contributed by atoms with Crippen LogP contribution in [-0.2, 0) is 4.74 Å². The third kappa shape index (κ3) is 2.55. The maximum absolute atomic E-state index is 11.5. The molecule has 1 aliphatic heterocycles. The van der Waals surface area contributed by atoms with Crippen molar-refractivity contribution in [3.05, 3.63) is 11.5 Å². The van der Waals surface area contributed by atoms with Gasteiger partial charge in [0.05, 0.1) is 18.8 Å². The van der Waals surface area contributed by atoms with Gasteiger partial charge in [0, 0.05) is 0 Å². The molecular formula is C9H16N2O3. The predicted molar refractivity (Wildman–Crippen MR) is 51.6 cm³/mol. The van der Waals surface area contributed by atoms with Crippen molar-refractivity contribution < 1.29 is 14.6 Å². The van der Waals surface area contributed by atoms with E-state index in [1.807, 2.05) is 0 Å². The van der Waals surface area contributed by atoms with E-state index >= 15 is 0 Å². The van der Waals surface area contributed by atoms with Crippen LogP contribution in [0.2, 0.25) is 0 Å². The van der Waals surface area contributed by atoms with Gasteiger partial charge in [0.1, 0.15) is 11.4 Å². The topological polar surface area (TPSA) is 75.8 Å². The van der Waals surface area contributed by atoms with Crippen molar-refractivity contribution in [2.75, 3.05) is 13.1 Å². The van der Waals surface area contributed by atoms with E-state index in [1.54, 1.807) is 20.8 Å². The smallest absolute Gasteiger partial charge is 0.411 e. The van der Waals surface area contributed by atoms with Crippen LogP contribution in [0.1, 0.15) is 20.8 Å². The number of carbonyl (C=O) groups is 1. The molecule has 80 valence electrons. The van der Waals surface area contributed by atoms with E-state index in [1.165, 1.54) is 4.90 Å². The summed E-state index contributed by atoms with van der Waals surface area (Å²) in [7, 11) is 0. The summed E-state index contributed by atoms with van der Waals surface area (Å²) in [4.78, 5) is 12.8. The van der Waals surface area contributed by atoms with E-state index in [0.717, 1.165) is 0 Å². The Bertz CT molecular complexity index is 264. The average Bonchev–Trinajstić information content (AvgIpc) is 2.28. The molecule has 1 aliphatic rings. The highest BCUT2D eigenvalue weighted by molar-refractivity contribution is 5.69. The summed E-state index contributed by atoms with van der Waals surface area (Å²) in [6.07, 6.45) is -0.454. The van der Waals surface area contributed by atoms with Crippen LogP contribution in [0.4, 0.5) is 4.79 Å². The minimum absolute atomic E-state index is 0.0517. The number of carbonyl (C=O) groups excluding carboxylic acids is 1. The first-order chi connectivity index (χ1) is 6.29. The fourth-order valence-electron chi connectivity index (χ4n) is 1.09. The lowest BCUT2D eigenvalue weighted by Gasteiger charge is -2.24. The fourth-order valence-corrected chi connectivity index (χ4v) is 1.09. The number of amides is 1. The largest absolute Gasteiger partial charge is 0.509 e.